The third-order valence-electron chi connectivity index (χ3n) is 5.71. The lowest BCUT2D eigenvalue weighted by molar-refractivity contribution is -0.139. The van der Waals surface area contributed by atoms with Crippen LogP contribution in [0.5, 0.6) is 5.75 Å². The number of aliphatic carboxylic acids is 1. The molecule has 0 aliphatic heterocycles. The molecule has 3 aromatic carbocycles. The van der Waals surface area contributed by atoms with Gasteiger partial charge in [0.15, 0.2) is 5.76 Å². The van der Waals surface area contributed by atoms with E-state index < -0.39 is 17.9 Å². The largest absolute Gasteiger partial charge is 0.497 e. The number of benzene rings is 3. The van der Waals surface area contributed by atoms with Crippen LogP contribution in [-0.2, 0) is 11.2 Å². The molecule has 4 rings (SSSR count). The molecule has 0 fully saturated rings. The number of carbonyl (C=O) groups excluding carboxylic acids is 1. The van der Waals surface area contributed by atoms with E-state index in [-0.39, 0.29) is 12.2 Å². The fraction of sp³-hybridized carbons (Fsp3) is 0.185. The highest BCUT2D eigenvalue weighted by Crippen LogP contribution is 2.28. The number of furan rings is 1. The van der Waals surface area contributed by atoms with E-state index in [2.05, 4.69) is 31.3 Å². The van der Waals surface area contributed by atoms with Gasteiger partial charge in [-0.15, -0.1) is 0 Å². The zero-order valence-corrected chi connectivity index (χ0v) is 18.7. The van der Waals surface area contributed by atoms with E-state index in [9.17, 15) is 14.7 Å². The number of carbonyl (C=O) groups is 2. The Hall–Kier alpha value is -4.06. The van der Waals surface area contributed by atoms with Crippen LogP contribution in [0.2, 0.25) is 0 Å². The number of hydrogen-bond acceptors (Lipinski definition) is 4. The second-order valence-electron chi connectivity index (χ2n) is 8.05. The molecule has 1 heterocycles. The number of carboxylic acids is 1. The van der Waals surface area contributed by atoms with Gasteiger partial charge in [-0.25, -0.2) is 4.79 Å². The van der Waals surface area contributed by atoms with Gasteiger partial charge in [-0.2, -0.15) is 0 Å². The van der Waals surface area contributed by atoms with E-state index in [0.29, 0.717) is 16.7 Å². The van der Waals surface area contributed by atoms with Crippen LogP contribution >= 0.6 is 0 Å². The zero-order valence-electron chi connectivity index (χ0n) is 18.7. The lowest BCUT2D eigenvalue weighted by atomic mass is 9.94. The SMILES string of the molecule is COc1ccc2oc(C(=O)N[C@@H](Cc3ccc(-c4c(C)cccc4C)cc3)C(=O)O)cc2c1. The normalized spacial score (nSPS) is 11.8. The van der Waals surface area contributed by atoms with Gasteiger partial charge >= 0.3 is 5.97 Å². The molecule has 33 heavy (non-hydrogen) atoms. The maximum atomic E-state index is 12.7. The van der Waals surface area contributed by atoms with Crippen molar-refractivity contribution in [1.29, 1.82) is 0 Å². The molecule has 0 aliphatic rings. The maximum absolute atomic E-state index is 12.7. The van der Waals surface area contributed by atoms with Crippen molar-refractivity contribution in [3.63, 3.8) is 0 Å². The Labute approximate surface area is 191 Å². The first-order valence-corrected chi connectivity index (χ1v) is 10.6. The summed E-state index contributed by atoms with van der Waals surface area (Å²) in [6, 6.07) is 19.6. The molecular formula is C27H25NO5. The number of hydrogen-bond donors (Lipinski definition) is 2. The van der Waals surface area contributed by atoms with Gasteiger partial charge < -0.3 is 19.6 Å². The quantitative estimate of drug-likeness (QED) is 0.412. The highest BCUT2D eigenvalue weighted by molar-refractivity contribution is 5.98. The molecule has 0 bridgehead atoms. The molecule has 0 aliphatic carbocycles. The minimum atomic E-state index is -1.11. The summed E-state index contributed by atoms with van der Waals surface area (Å²) in [5.41, 5.74) is 5.95. The molecule has 168 valence electrons. The van der Waals surface area contributed by atoms with Gasteiger partial charge in [0, 0.05) is 11.8 Å². The summed E-state index contributed by atoms with van der Waals surface area (Å²) >= 11 is 0. The Balaban J connectivity index is 1.50. The van der Waals surface area contributed by atoms with Crippen molar-refractivity contribution in [2.24, 2.45) is 0 Å². The van der Waals surface area contributed by atoms with Crippen molar-refractivity contribution in [3.8, 4) is 16.9 Å². The van der Waals surface area contributed by atoms with Crippen LogP contribution in [0.1, 0.15) is 27.2 Å². The van der Waals surface area contributed by atoms with E-state index in [4.69, 9.17) is 9.15 Å². The van der Waals surface area contributed by atoms with Gasteiger partial charge in [0.25, 0.3) is 5.91 Å². The van der Waals surface area contributed by atoms with E-state index in [1.165, 1.54) is 16.7 Å². The van der Waals surface area contributed by atoms with E-state index >= 15 is 0 Å². The summed E-state index contributed by atoms with van der Waals surface area (Å²) in [5, 5.41) is 13.0. The molecule has 0 unspecified atom stereocenters. The number of amides is 1. The highest BCUT2D eigenvalue weighted by atomic mass is 16.5. The smallest absolute Gasteiger partial charge is 0.326 e. The first kappa shape index (κ1) is 22.1. The molecular weight excluding hydrogens is 418 g/mol. The summed E-state index contributed by atoms with van der Waals surface area (Å²) in [5.74, 6) is -0.998. The molecule has 1 atom stereocenters. The minimum Gasteiger partial charge on any atom is -0.497 e. The van der Waals surface area contributed by atoms with Crippen LogP contribution in [0.3, 0.4) is 0 Å². The standard InChI is InChI=1S/C27H25NO5/c1-16-5-4-6-17(2)25(16)19-9-7-18(8-10-19)13-22(27(30)31)28-26(29)24-15-20-14-21(32-3)11-12-23(20)33-24/h4-12,14-15,22H,13H2,1-3H3,(H,28,29)(H,30,31)/t22-/m0/s1. The number of ether oxygens (including phenoxy) is 1. The highest BCUT2D eigenvalue weighted by Gasteiger charge is 2.23. The van der Waals surface area contributed by atoms with Gasteiger partial charge in [0.05, 0.1) is 7.11 Å². The van der Waals surface area contributed by atoms with Crippen molar-refractivity contribution < 1.29 is 23.8 Å². The predicted molar refractivity (Wildman–Crippen MR) is 127 cm³/mol. The minimum absolute atomic E-state index is 0.0508. The monoisotopic (exact) mass is 443 g/mol. The summed E-state index contributed by atoms with van der Waals surface area (Å²) in [7, 11) is 1.56. The van der Waals surface area contributed by atoms with Crippen LogP contribution in [0.25, 0.3) is 22.1 Å². The summed E-state index contributed by atoms with van der Waals surface area (Å²) in [6.07, 6.45) is 0.155. The fourth-order valence-corrected chi connectivity index (χ4v) is 4.00. The van der Waals surface area contributed by atoms with Gasteiger partial charge in [0.1, 0.15) is 17.4 Å². The number of rotatable bonds is 7. The molecule has 2 N–H and O–H groups in total. The number of carboxylic acid groups (broad SMARTS) is 1. The van der Waals surface area contributed by atoms with Crippen LogP contribution in [-0.4, -0.2) is 30.1 Å². The fourth-order valence-electron chi connectivity index (χ4n) is 4.00. The number of methoxy groups -OCH3 is 1. The lowest BCUT2D eigenvalue weighted by Gasteiger charge is -2.15. The van der Waals surface area contributed by atoms with Crippen molar-refractivity contribution in [1.82, 2.24) is 5.32 Å². The second-order valence-corrected chi connectivity index (χ2v) is 8.05. The Morgan fingerprint density at radius 1 is 1.00 bits per heavy atom. The summed E-state index contributed by atoms with van der Waals surface area (Å²) < 4.78 is 10.8. The Kier molecular flexibility index (Phi) is 6.18. The summed E-state index contributed by atoms with van der Waals surface area (Å²) in [4.78, 5) is 24.5. The van der Waals surface area contributed by atoms with Gasteiger partial charge in [0.2, 0.25) is 0 Å². The van der Waals surface area contributed by atoms with Crippen molar-refractivity contribution in [2.75, 3.05) is 7.11 Å². The number of fused-ring (bicyclic) bond motifs is 1. The van der Waals surface area contributed by atoms with Gasteiger partial charge in [-0.1, -0.05) is 42.5 Å². The third kappa shape index (κ3) is 4.75. The number of nitrogens with one attached hydrogen (secondary N) is 1. The van der Waals surface area contributed by atoms with Crippen molar-refractivity contribution in [2.45, 2.75) is 26.3 Å². The van der Waals surface area contributed by atoms with Crippen LogP contribution in [0, 0.1) is 13.8 Å². The van der Waals surface area contributed by atoms with E-state index in [0.717, 1.165) is 11.1 Å². The summed E-state index contributed by atoms with van der Waals surface area (Å²) in [6.45, 7) is 4.14. The molecule has 0 saturated heterocycles. The average Bonchev–Trinajstić information content (AvgIpc) is 3.23. The van der Waals surface area contributed by atoms with Crippen LogP contribution in [0.4, 0.5) is 0 Å². The molecule has 6 nitrogen and oxygen atoms in total. The molecule has 0 saturated carbocycles. The van der Waals surface area contributed by atoms with Crippen LogP contribution < -0.4 is 10.1 Å². The van der Waals surface area contributed by atoms with Gasteiger partial charge in [-0.05, 0) is 65.9 Å². The van der Waals surface area contributed by atoms with Gasteiger partial charge in [-0.3, -0.25) is 4.79 Å². The third-order valence-corrected chi connectivity index (χ3v) is 5.71. The predicted octanol–water partition coefficient (Wildman–Crippen LogP) is 5.15. The topological polar surface area (TPSA) is 88.8 Å². The second kappa shape index (κ2) is 9.20. The zero-order chi connectivity index (χ0) is 23.5. The Morgan fingerprint density at radius 2 is 1.70 bits per heavy atom. The maximum Gasteiger partial charge on any atom is 0.326 e. The first-order chi connectivity index (χ1) is 15.9. The molecule has 6 heteroatoms. The molecule has 0 radical (unpaired) electrons. The molecule has 0 spiro atoms. The molecule has 1 amide bonds. The molecule has 4 aromatic rings. The lowest BCUT2D eigenvalue weighted by Crippen LogP contribution is -2.42. The van der Waals surface area contributed by atoms with Crippen LogP contribution in [0.15, 0.2) is 71.1 Å². The Bertz CT molecular complexity index is 1300. The Morgan fingerprint density at radius 3 is 2.33 bits per heavy atom. The molecule has 1 aromatic heterocycles. The van der Waals surface area contributed by atoms with E-state index in [1.54, 1.807) is 31.4 Å². The van der Waals surface area contributed by atoms with Crippen molar-refractivity contribution >= 4 is 22.8 Å². The first-order valence-electron chi connectivity index (χ1n) is 10.6. The average molecular weight is 443 g/mol. The van der Waals surface area contributed by atoms with Crippen molar-refractivity contribution in [3.05, 3.63) is 89.2 Å². The van der Waals surface area contributed by atoms with E-state index in [1.807, 2.05) is 30.3 Å². The number of aryl methyl sites for hydroxylation is 2.